The average molecular weight is 315 g/mol. The van der Waals surface area contributed by atoms with E-state index in [-0.39, 0.29) is 5.78 Å². The average Bonchev–Trinajstić information content (AvgIpc) is 2.98. The number of fused-ring (bicyclic) bond motifs is 1. The van der Waals surface area contributed by atoms with Crippen molar-refractivity contribution in [3.05, 3.63) is 47.0 Å². The minimum Gasteiger partial charge on any atom is -0.339 e. The second kappa shape index (κ2) is 6.12. The zero-order valence-corrected chi connectivity index (χ0v) is 13.4. The Hall–Kier alpha value is -1.82. The van der Waals surface area contributed by atoms with Crippen molar-refractivity contribution in [2.45, 2.75) is 19.6 Å². The highest BCUT2D eigenvalue weighted by molar-refractivity contribution is 7.15. The molecule has 1 aliphatic rings. The highest BCUT2D eigenvalue weighted by Crippen LogP contribution is 2.42. The summed E-state index contributed by atoms with van der Waals surface area (Å²) >= 11 is 1.45. The van der Waals surface area contributed by atoms with E-state index >= 15 is 0 Å². The lowest BCUT2D eigenvalue weighted by Crippen LogP contribution is -2.42. The predicted octanol–water partition coefficient (Wildman–Crippen LogP) is 3.63. The van der Waals surface area contributed by atoms with Gasteiger partial charge in [0.1, 0.15) is 5.01 Å². The summed E-state index contributed by atoms with van der Waals surface area (Å²) in [5, 5.41) is 0.855. The molecule has 1 aromatic heterocycles. The van der Waals surface area contributed by atoms with Crippen LogP contribution in [0.15, 0.2) is 36.4 Å². The minimum absolute atomic E-state index is 0.188. The van der Waals surface area contributed by atoms with Crippen LogP contribution in [-0.2, 0) is 20.1 Å². The predicted molar refractivity (Wildman–Crippen MR) is 86.5 cm³/mol. The van der Waals surface area contributed by atoms with Gasteiger partial charge in [-0.25, -0.2) is 4.98 Å². The van der Waals surface area contributed by atoms with Crippen molar-refractivity contribution < 1.29 is 14.3 Å². The molecule has 22 heavy (non-hydrogen) atoms. The highest BCUT2D eigenvalue weighted by atomic mass is 32.1. The number of ketones is 1. The third-order valence-corrected chi connectivity index (χ3v) is 4.59. The Morgan fingerprint density at radius 2 is 1.77 bits per heavy atom. The minimum atomic E-state index is -1.35. The van der Waals surface area contributed by atoms with E-state index in [1.54, 1.807) is 6.08 Å². The SMILES string of the molecule is CCOC1(OCC)C(=O)C=Cc2nc(-c3ccccc3)sc21. The lowest BCUT2D eigenvalue weighted by atomic mass is 10.0. The number of carbonyl (C=O) groups excluding carboxylic acids is 1. The van der Waals surface area contributed by atoms with Crippen molar-refractivity contribution >= 4 is 23.2 Å². The Morgan fingerprint density at radius 3 is 2.41 bits per heavy atom. The number of rotatable bonds is 5. The Balaban J connectivity index is 2.12. The first-order chi connectivity index (χ1) is 10.7. The van der Waals surface area contributed by atoms with Gasteiger partial charge in [0.2, 0.25) is 5.78 Å². The molecule has 0 unspecified atom stereocenters. The molecule has 1 aliphatic carbocycles. The van der Waals surface area contributed by atoms with Crippen LogP contribution in [0.2, 0.25) is 0 Å². The quantitative estimate of drug-likeness (QED) is 0.791. The maximum atomic E-state index is 12.4. The van der Waals surface area contributed by atoms with Gasteiger partial charge >= 0.3 is 0 Å². The van der Waals surface area contributed by atoms with Gasteiger partial charge in [0.05, 0.1) is 10.6 Å². The summed E-state index contributed by atoms with van der Waals surface area (Å²) in [5.74, 6) is -1.54. The normalized spacial score (nSPS) is 15.8. The molecule has 0 radical (unpaired) electrons. The van der Waals surface area contributed by atoms with Crippen molar-refractivity contribution in [2.24, 2.45) is 0 Å². The Labute approximate surface area is 133 Å². The molecule has 1 aromatic carbocycles. The molecule has 0 N–H and O–H groups in total. The van der Waals surface area contributed by atoms with E-state index < -0.39 is 5.79 Å². The fourth-order valence-electron chi connectivity index (χ4n) is 2.48. The first-order valence-corrected chi connectivity index (χ1v) is 8.10. The Bertz CT molecular complexity index is 700. The summed E-state index contributed by atoms with van der Waals surface area (Å²) in [6.07, 6.45) is 3.22. The van der Waals surface area contributed by atoms with E-state index in [2.05, 4.69) is 4.98 Å². The first kappa shape index (κ1) is 15.1. The number of nitrogens with zero attached hydrogens (tertiary/aromatic N) is 1. The van der Waals surface area contributed by atoms with E-state index in [1.807, 2.05) is 44.2 Å². The third-order valence-electron chi connectivity index (χ3n) is 3.39. The van der Waals surface area contributed by atoms with Crippen molar-refractivity contribution in [1.82, 2.24) is 4.98 Å². The van der Waals surface area contributed by atoms with E-state index in [4.69, 9.17) is 9.47 Å². The van der Waals surface area contributed by atoms with E-state index in [1.165, 1.54) is 17.4 Å². The molecule has 1 heterocycles. The lowest BCUT2D eigenvalue weighted by Gasteiger charge is -2.31. The standard InChI is InChI=1S/C17H17NO3S/c1-3-20-17(21-4-2)14(19)11-10-13-15(17)22-16(18-13)12-8-6-5-7-9-12/h5-11H,3-4H2,1-2H3. The van der Waals surface area contributed by atoms with Gasteiger partial charge in [0.15, 0.2) is 0 Å². The highest BCUT2D eigenvalue weighted by Gasteiger charge is 2.46. The summed E-state index contributed by atoms with van der Waals surface area (Å²) in [4.78, 5) is 17.8. The van der Waals surface area contributed by atoms with Crippen LogP contribution in [0.4, 0.5) is 0 Å². The van der Waals surface area contributed by atoms with Gasteiger partial charge in [-0.05, 0) is 26.0 Å². The van der Waals surface area contributed by atoms with Gasteiger partial charge in [-0.15, -0.1) is 11.3 Å². The lowest BCUT2D eigenvalue weighted by molar-refractivity contribution is -0.227. The number of hydrogen-bond acceptors (Lipinski definition) is 5. The molecule has 0 fully saturated rings. The molecule has 0 saturated heterocycles. The third kappa shape index (κ3) is 2.41. The number of carbonyl (C=O) groups is 1. The van der Waals surface area contributed by atoms with Crippen LogP contribution < -0.4 is 0 Å². The topological polar surface area (TPSA) is 48.4 Å². The van der Waals surface area contributed by atoms with Crippen LogP contribution in [-0.4, -0.2) is 24.0 Å². The van der Waals surface area contributed by atoms with Crippen molar-refractivity contribution in [3.63, 3.8) is 0 Å². The van der Waals surface area contributed by atoms with Crippen molar-refractivity contribution in [2.75, 3.05) is 13.2 Å². The molecule has 0 spiro atoms. The largest absolute Gasteiger partial charge is 0.339 e. The number of aromatic nitrogens is 1. The van der Waals surface area contributed by atoms with Crippen LogP contribution in [0.5, 0.6) is 0 Å². The van der Waals surface area contributed by atoms with Crippen LogP contribution in [0.3, 0.4) is 0 Å². The molecule has 0 saturated carbocycles. The monoisotopic (exact) mass is 315 g/mol. The van der Waals surface area contributed by atoms with Gasteiger partial charge in [0, 0.05) is 18.8 Å². The van der Waals surface area contributed by atoms with Crippen molar-refractivity contribution in [1.29, 1.82) is 0 Å². The molecule has 0 aliphatic heterocycles. The number of hydrogen-bond donors (Lipinski definition) is 0. The van der Waals surface area contributed by atoms with Gasteiger partial charge in [-0.1, -0.05) is 30.3 Å². The van der Waals surface area contributed by atoms with Crippen molar-refractivity contribution in [3.8, 4) is 10.6 Å². The summed E-state index contributed by atoms with van der Waals surface area (Å²) in [5.41, 5.74) is 1.76. The van der Waals surface area contributed by atoms with Gasteiger partial charge in [-0.2, -0.15) is 0 Å². The molecular weight excluding hydrogens is 298 g/mol. The Morgan fingerprint density at radius 1 is 1.09 bits per heavy atom. The fourth-order valence-corrected chi connectivity index (χ4v) is 3.65. The van der Waals surface area contributed by atoms with E-state index in [0.29, 0.717) is 13.2 Å². The summed E-state index contributed by atoms with van der Waals surface area (Å²) in [6.45, 7) is 4.48. The fraction of sp³-hybridized carbons (Fsp3) is 0.294. The summed E-state index contributed by atoms with van der Waals surface area (Å²) in [6, 6.07) is 9.90. The number of benzene rings is 1. The molecular formula is C17H17NO3S. The molecule has 4 nitrogen and oxygen atoms in total. The second-order valence-corrected chi connectivity index (χ2v) is 5.78. The second-order valence-electron chi connectivity index (χ2n) is 4.78. The Kier molecular flexibility index (Phi) is 4.20. The maximum absolute atomic E-state index is 12.4. The van der Waals surface area contributed by atoms with Gasteiger partial charge in [0.25, 0.3) is 5.79 Å². The number of thiazole rings is 1. The summed E-state index contributed by atoms with van der Waals surface area (Å²) in [7, 11) is 0. The zero-order valence-electron chi connectivity index (χ0n) is 12.5. The van der Waals surface area contributed by atoms with Gasteiger partial charge < -0.3 is 9.47 Å². The smallest absolute Gasteiger partial charge is 0.272 e. The van der Waals surface area contributed by atoms with Crippen LogP contribution in [0, 0.1) is 0 Å². The van der Waals surface area contributed by atoms with E-state index in [0.717, 1.165) is 21.1 Å². The molecule has 0 amide bonds. The molecule has 0 atom stereocenters. The molecule has 3 rings (SSSR count). The molecule has 114 valence electrons. The maximum Gasteiger partial charge on any atom is 0.272 e. The van der Waals surface area contributed by atoms with Gasteiger partial charge in [-0.3, -0.25) is 4.79 Å². The van der Waals surface area contributed by atoms with Crippen LogP contribution in [0.25, 0.3) is 16.6 Å². The van der Waals surface area contributed by atoms with Crippen LogP contribution >= 0.6 is 11.3 Å². The first-order valence-electron chi connectivity index (χ1n) is 7.28. The zero-order chi connectivity index (χ0) is 15.6. The van der Waals surface area contributed by atoms with Crippen LogP contribution in [0.1, 0.15) is 24.4 Å². The molecule has 0 bridgehead atoms. The molecule has 2 aromatic rings. The van der Waals surface area contributed by atoms with E-state index in [9.17, 15) is 4.79 Å². The summed E-state index contributed by atoms with van der Waals surface area (Å²) < 4.78 is 11.5. The molecule has 5 heteroatoms. The number of ether oxygens (including phenoxy) is 2.